The number of para-hydroxylation sites is 2. The minimum absolute atomic E-state index is 0.178. The molecule has 224 valence electrons. The molecule has 0 aliphatic carbocycles. The van der Waals surface area contributed by atoms with E-state index in [-0.39, 0.29) is 11.7 Å². The number of hydrogen-bond donors (Lipinski definition) is 2. The SMILES string of the molecule is CCCCCCCC(CCC(Cl)C(Cl)C(=O)c1ccccc1NC(=O)CCC)OC(=O)CC(=O)Nc1ccccc1. The number of hydrogen-bond acceptors (Lipinski definition) is 5. The standard InChI is InChI=1S/C32H42Cl2N2O5/c1-3-5-6-7-11-17-24(41-30(39)22-29(38)35-23-15-9-8-10-16-23)20-21-26(33)31(34)32(40)25-18-12-13-19-27(25)36-28(37)14-4-2/h8-10,12-13,15-16,18-19,24,26,31H,3-7,11,14,17,20-22H2,1-2H3,(H,35,38)(H,36,37). The molecule has 2 N–H and O–H groups in total. The van der Waals surface area contributed by atoms with Gasteiger partial charge in [-0.05, 0) is 56.4 Å². The van der Waals surface area contributed by atoms with Gasteiger partial charge in [-0.2, -0.15) is 0 Å². The van der Waals surface area contributed by atoms with E-state index in [1.54, 1.807) is 48.5 Å². The van der Waals surface area contributed by atoms with E-state index >= 15 is 0 Å². The monoisotopic (exact) mass is 604 g/mol. The number of unbranched alkanes of at least 4 members (excludes halogenated alkanes) is 4. The van der Waals surface area contributed by atoms with Crippen LogP contribution in [0.1, 0.15) is 94.8 Å². The fraction of sp³-hybridized carbons (Fsp3) is 0.500. The third kappa shape index (κ3) is 13.1. The molecule has 9 heteroatoms. The summed E-state index contributed by atoms with van der Waals surface area (Å²) in [6.07, 6.45) is 6.79. The van der Waals surface area contributed by atoms with E-state index in [2.05, 4.69) is 17.6 Å². The quantitative estimate of drug-likeness (QED) is 0.0557. The maximum atomic E-state index is 13.2. The third-order valence-electron chi connectivity index (χ3n) is 6.57. The second-order valence-corrected chi connectivity index (χ2v) is 11.1. The summed E-state index contributed by atoms with van der Waals surface area (Å²) in [4.78, 5) is 50.2. The summed E-state index contributed by atoms with van der Waals surface area (Å²) in [5.41, 5.74) is 1.30. The largest absolute Gasteiger partial charge is 0.462 e. The lowest BCUT2D eigenvalue weighted by Crippen LogP contribution is -2.29. The van der Waals surface area contributed by atoms with Crippen LogP contribution in [-0.4, -0.2) is 40.4 Å². The number of alkyl halides is 2. The van der Waals surface area contributed by atoms with Crippen molar-refractivity contribution in [3.8, 4) is 0 Å². The van der Waals surface area contributed by atoms with Crippen LogP contribution in [0.5, 0.6) is 0 Å². The lowest BCUT2D eigenvalue weighted by molar-refractivity contribution is -0.151. The molecule has 0 heterocycles. The zero-order valence-corrected chi connectivity index (χ0v) is 25.5. The lowest BCUT2D eigenvalue weighted by Gasteiger charge is -2.21. The molecule has 3 atom stereocenters. The van der Waals surface area contributed by atoms with E-state index in [0.717, 1.165) is 32.1 Å². The zero-order valence-electron chi connectivity index (χ0n) is 24.0. The summed E-state index contributed by atoms with van der Waals surface area (Å²) in [7, 11) is 0. The van der Waals surface area contributed by atoms with Crippen molar-refractivity contribution in [1.29, 1.82) is 0 Å². The van der Waals surface area contributed by atoms with Gasteiger partial charge in [-0.3, -0.25) is 19.2 Å². The van der Waals surface area contributed by atoms with Gasteiger partial charge in [0, 0.05) is 17.7 Å². The summed E-state index contributed by atoms with van der Waals surface area (Å²) in [6, 6.07) is 15.6. The molecule has 0 aliphatic heterocycles. The van der Waals surface area contributed by atoms with Gasteiger partial charge < -0.3 is 15.4 Å². The van der Waals surface area contributed by atoms with Crippen molar-refractivity contribution in [2.75, 3.05) is 10.6 Å². The van der Waals surface area contributed by atoms with Crippen LogP contribution in [0.2, 0.25) is 0 Å². The Morgan fingerprint density at radius 1 is 0.756 bits per heavy atom. The van der Waals surface area contributed by atoms with Crippen LogP contribution in [0, 0.1) is 0 Å². The topological polar surface area (TPSA) is 102 Å². The Bertz CT molecular complexity index is 1110. The van der Waals surface area contributed by atoms with Gasteiger partial charge in [0.15, 0.2) is 5.78 Å². The first-order chi connectivity index (χ1) is 19.7. The van der Waals surface area contributed by atoms with Crippen LogP contribution in [0.15, 0.2) is 54.6 Å². The summed E-state index contributed by atoms with van der Waals surface area (Å²) < 4.78 is 5.69. The molecule has 0 fully saturated rings. The minimum Gasteiger partial charge on any atom is -0.462 e. The highest BCUT2D eigenvalue weighted by atomic mass is 35.5. The fourth-order valence-electron chi connectivity index (χ4n) is 4.37. The summed E-state index contributed by atoms with van der Waals surface area (Å²) in [6.45, 7) is 4.05. The van der Waals surface area contributed by atoms with Crippen molar-refractivity contribution in [1.82, 2.24) is 0 Å². The van der Waals surface area contributed by atoms with Gasteiger partial charge in [-0.1, -0.05) is 69.9 Å². The number of benzene rings is 2. The molecule has 7 nitrogen and oxygen atoms in total. The number of carbonyl (C=O) groups is 4. The van der Waals surface area contributed by atoms with Gasteiger partial charge in [0.1, 0.15) is 17.9 Å². The van der Waals surface area contributed by atoms with E-state index in [0.29, 0.717) is 49.0 Å². The van der Waals surface area contributed by atoms with Gasteiger partial charge in [0.25, 0.3) is 0 Å². The van der Waals surface area contributed by atoms with Crippen LogP contribution in [-0.2, 0) is 19.1 Å². The average molecular weight is 606 g/mol. The Morgan fingerprint density at radius 3 is 2.15 bits per heavy atom. The molecule has 0 aromatic heterocycles. The Morgan fingerprint density at radius 2 is 1.44 bits per heavy atom. The molecule has 0 spiro atoms. The summed E-state index contributed by atoms with van der Waals surface area (Å²) >= 11 is 13.1. The van der Waals surface area contributed by atoms with Crippen molar-refractivity contribution in [2.24, 2.45) is 0 Å². The van der Waals surface area contributed by atoms with Gasteiger partial charge in [0.05, 0.1) is 11.1 Å². The maximum absolute atomic E-state index is 13.2. The molecule has 0 saturated carbocycles. The van der Waals surface area contributed by atoms with Gasteiger partial charge >= 0.3 is 5.97 Å². The fourth-order valence-corrected chi connectivity index (χ4v) is 4.86. The number of nitrogens with one attached hydrogen (secondary N) is 2. The predicted molar refractivity (Wildman–Crippen MR) is 166 cm³/mol. The van der Waals surface area contributed by atoms with Gasteiger partial charge in [-0.15, -0.1) is 23.2 Å². The second kappa shape index (κ2) is 19.3. The molecule has 0 bridgehead atoms. The number of amides is 2. The molecule has 2 aromatic rings. The normalized spacial score (nSPS) is 13.1. The number of anilines is 2. The Hall–Kier alpha value is -2.90. The van der Waals surface area contributed by atoms with Gasteiger partial charge in [-0.25, -0.2) is 0 Å². The number of Topliss-reactive ketones (excluding diaryl/α,β-unsaturated/α-hetero) is 1. The van der Waals surface area contributed by atoms with E-state index in [9.17, 15) is 19.2 Å². The molecule has 2 rings (SSSR count). The summed E-state index contributed by atoms with van der Waals surface area (Å²) in [5.74, 6) is -1.63. The molecular weight excluding hydrogens is 563 g/mol. The van der Waals surface area contributed by atoms with Crippen LogP contribution in [0.25, 0.3) is 0 Å². The number of rotatable bonds is 19. The molecule has 0 aliphatic rings. The van der Waals surface area contributed by atoms with Crippen LogP contribution in [0.4, 0.5) is 11.4 Å². The van der Waals surface area contributed by atoms with Crippen LogP contribution in [0.3, 0.4) is 0 Å². The zero-order chi connectivity index (χ0) is 30.0. The van der Waals surface area contributed by atoms with Crippen molar-refractivity contribution in [3.05, 3.63) is 60.2 Å². The number of halogens is 2. The molecule has 2 amide bonds. The molecular formula is C32H42Cl2N2O5. The summed E-state index contributed by atoms with van der Waals surface area (Å²) in [5, 5.41) is 3.69. The highest BCUT2D eigenvalue weighted by Crippen LogP contribution is 2.26. The average Bonchev–Trinajstić information content (AvgIpc) is 2.95. The maximum Gasteiger partial charge on any atom is 0.315 e. The molecule has 0 radical (unpaired) electrons. The first-order valence-electron chi connectivity index (χ1n) is 14.5. The Balaban J connectivity index is 1.97. The van der Waals surface area contributed by atoms with Crippen molar-refractivity contribution in [2.45, 2.75) is 101 Å². The smallest absolute Gasteiger partial charge is 0.315 e. The molecule has 2 aromatic carbocycles. The first-order valence-corrected chi connectivity index (χ1v) is 15.4. The van der Waals surface area contributed by atoms with E-state index < -0.39 is 35.2 Å². The van der Waals surface area contributed by atoms with Crippen molar-refractivity contribution < 1.29 is 23.9 Å². The van der Waals surface area contributed by atoms with Crippen molar-refractivity contribution >= 4 is 58.1 Å². The second-order valence-electron chi connectivity index (χ2n) is 10.1. The number of esters is 1. The minimum atomic E-state index is -1.04. The van der Waals surface area contributed by atoms with Gasteiger partial charge in [0.2, 0.25) is 11.8 Å². The molecule has 3 unspecified atom stereocenters. The first kappa shape index (κ1) is 34.3. The van der Waals surface area contributed by atoms with E-state index in [4.69, 9.17) is 27.9 Å². The van der Waals surface area contributed by atoms with E-state index in [1.165, 1.54) is 0 Å². The predicted octanol–water partition coefficient (Wildman–Crippen LogP) is 7.90. The third-order valence-corrected chi connectivity index (χ3v) is 7.67. The molecule has 41 heavy (non-hydrogen) atoms. The Labute approximate surface area is 253 Å². The highest BCUT2D eigenvalue weighted by Gasteiger charge is 2.29. The van der Waals surface area contributed by atoms with E-state index in [1.807, 2.05) is 13.0 Å². The van der Waals surface area contributed by atoms with Crippen molar-refractivity contribution in [3.63, 3.8) is 0 Å². The lowest BCUT2D eigenvalue weighted by atomic mass is 9.99. The molecule has 0 saturated heterocycles. The number of carbonyl (C=O) groups excluding carboxylic acids is 4. The van der Waals surface area contributed by atoms with Crippen LogP contribution >= 0.6 is 23.2 Å². The highest BCUT2D eigenvalue weighted by molar-refractivity contribution is 6.40. The van der Waals surface area contributed by atoms with Crippen LogP contribution < -0.4 is 10.6 Å². The number of ether oxygens (including phenoxy) is 1. The number of ketones is 1. The Kier molecular flexibility index (Phi) is 16.1.